The maximum absolute atomic E-state index is 6.30. The average molecular weight is 471 g/mol. The molecule has 1 saturated heterocycles. The number of aromatic nitrogens is 4. The fraction of sp³-hybridized carbons (Fsp3) is 0.542. The molecule has 0 bridgehead atoms. The van der Waals surface area contributed by atoms with Crippen LogP contribution in [0.25, 0.3) is 11.2 Å². The number of halogens is 1. The Morgan fingerprint density at radius 2 is 1.70 bits per heavy atom. The van der Waals surface area contributed by atoms with Gasteiger partial charge in [0, 0.05) is 25.2 Å². The number of hydrazine groups is 1. The second-order valence-corrected chi connectivity index (χ2v) is 9.41. The zero-order valence-electron chi connectivity index (χ0n) is 19.3. The van der Waals surface area contributed by atoms with Crippen molar-refractivity contribution in [3.05, 3.63) is 35.4 Å². The topological polar surface area (TPSA) is 77.3 Å². The highest BCUT2D eigenvalue weighted by molar-refractivity contribution is 6.28. The minimum Gasteiger partial charge on any atom is -0.497 e. The van der Waals surface area contributed by atoms with Crippen LogP contribution >= 0.6 is 11.6 Å². The Morgan fingerprint density at radius 1 is 1.00 bits per heavy atom. The Morgan fingerprint density at radius 3 is 2.36 bits per heavy atom. The van der Waals surface area contributed by atoms with E-state index in [1.54, 1.807) is 14.2 Å². The fourth-order valence-electron chi connectivity index (χ4n) is 5.13. The number of piperidine rings is 1. The number of methoxy groups -OCH3 is 2. The van der Waals surface area contributed by atoms with Crippen molar-refractivity contribution in [1.29, 1.82) is 0 Å². The summed E-state index contributed by atoms with van der Waals surface area (Å²) in [7, 11) is 3.38. The molecule has 3 heterocycles. The summed E-state index contributed by atoms with van der Waals surface area (Å²) in [6.07, 6.45) is 9.93. The van der Waals surface area contributed by atoms with Gasteiger partial charge in [-0.05, 0) is 67.3 Å². The van der Waals surface area contributed by atoms with E-state index in [-0.39, 0.29) is 5.28 Å². The van der Waals surface area contributed by atoms with E-state index in [1.165, 1.54) is 31.2 Å². The van der Waals surface area contributed by atoms with E-state index in [2.05, 4.69) is 42.1 Å². The molecule has 2 aromatic heterocycles. The molecule has 1 aliphatic carbocycles. The van der Waals surface area contributed by atoms with Gasteiger partial charge < -0.3 is 19.5 Å². The lowest BCUT2D eigenvalue weighted by Crippen LogP contribution is -2.38. The number of benzene rings is 1. The van der Waals surface area contributed by atoms with Crippen LogP contribution in [0.1, 0.15) is 50.1 Å². The van der Waals surface area contributed by atoms with Crippen LogP contribution in [0, 0.1) is 5.92 Å². The number of nitrogens with zero attached hydrogens (tertiary/aromatic N) is 5. The van der Waals surface area contributed by atoms with Crippen molar-refractivity contribution < 1.29 is 9.47 Å². The van der Waals surface area contributed by atoms with E-state index >= 15 is 0 Å². The molecule has 33 heavy (non-hydrogen) atoms. The summed E-state index contributed by atoms with van der Waals surface area (Å²) >= 11 is 6.30. The molecule has 2 aliphatic rings. The zero-order chi connectivity index (χ0) is 22.8. The average Bonchev–Trinajstić information content (AvgIpc) is 3.50. The molecule has 5 rings (SSSR count). The van der Waals surface area contributed by atoms with Crippen LogP contribution in [0.3, 0.4) is 0 Å². The normalized spacial score (nSPS) is 18.2. The predicted octanol–water partition coefficient (Wildman–Crippen LogP) is 4.89. The van der Waals surface area contributed by atoms with Gasteiger partial charge in [0.05, 0.1) is 20.5 Å². The number of ether oxygens (including phenoxy) is 2. The van der Waals surface area contributed by atoms with Crippen LogP contribution in [0.15, 0.2) is 24.5 Å². The predicted molar refractivity (Wildman–Crippen MR) is 129 cm³/mol. The van der Waals surface area contributed by atoms with Crippen molar-refractivity contribution in [3.63, 3.8) is 0 Å². The molecule has 1 aliphatic heterocycles. The molecule has 1 saturated carbocycles. The minimum atomic E-state index is 0.256. The molecule has 2 fully saturated rings. The molecule has 0 amide bonds. The molecule has 3 aromatic rings. The van der Waals surface area contributed by atoms with E-state index in [0.29, 0.717) is 17.8 Å². The lowest BCUT2D eigenvalue weighted by Gasteiger charge is -2.32. The molecule has 0 radical (unpaired) electrons. The second kappa shape index (κ2) is 9.73. The van der Waals surface area contributed by atoms with Gasteiger partial charge in [-0.15, -0.1) is 0 Å². The Balaban J connectivity index is 1.24. The lowest BCUT2D eigenvalue weighted by atomic mass is 9.90. The van der Waals surface area contributed by atoms with Crippen LogP contribution in [0.5, 0.6) is 11.5 Å². The van der Waals surface area contributed by atoms with Crippen molar-refractivity contribution in [2.75, 3.05) is 32.7 Å². The minimum absolute atomic E-state index is 0.256. The first kappa shape index (κ1) is 22.2. The van der Waals surface area contributed by atoms with Gasteiger partial charge in [0.1, 0.15) is 11.5 Å². The number of nitrogens with one attached hydrogen (secondary N) is 1. The highest BCUT2D eigenvalue weighted by atomic mass is 35.5. The van der Waals surface area contributed by atoms with E-state index in [4.69, 9.17) is 21.1 Å². The van der Waals surface area contributed by atoms with Crippen molar-refractivity contribution >= 4 is 28.6 Å². The van der Waals surface area contributed by atoms with Gasteiger partial charge in [-0.25, -0.2) is 9.99 Å². The standard InChI is InChI=1S/C24H31ClN6O2/c1-32-19-12-17(13-20(14-19)33-2)11-16-7-9-30(10-8-16)29-22-21-23(28-24(25)27-22)31(15-26-21)18-5-3-4-6-18/h12-16,18H,3-11H2,1-2H3,(H,27,28,29). The summed E-state index contributed by atoms with van der Waals surface area (Å²) in [4.78, 5) is 13.6. The quantitative estimate of drug-likeness (QED) is 0.492. The molecular weight excluding hydrogens is 440 g/mol. The summed E-state index contributed by atoms with van der Waals surface area (Å²) in [6.45, 7) is 1.86. The van der Waals surface area contributed by atoms with Gasteiger partial charge in [0.25, 0.3) is 0 Å². The summed E-state index contributed by atoms with van der Waals surface area (Å²) < 4.78 is 13.0. The molecule has 0 atom stereocenters. The lowest BCUT2D eigenvalue weighted by molar-refractivity contribution is 0.216. The van der Waals surface area contributed by atoms with E-state index in [0.717, 1.165) is 55.0 Å². The largest absolute Gasteiger partial charge is 0.497 e. The zero-order valence-corrected chi connectivity index (χ0v) is 20.0. The molecule has 1 aromatic carbocycles. The Labute approximate surface area is 199 Å². The van der Waals surface area contributed by atoms with E-state index in [9.17, 15) is 0 Å². The second-order valence-electron chi connectivity index (χ2n) is 9.07. The fourth-order valence-corrected chi connectivity index (χ4v) is 5.30. The maximum atomic E-state index is 6.30. The first-order valence-electron chi connectivity index (χ1n) is 11.8. The van der Waals surface area contributed by atoms with E-state index in [1.807, 2.05) is 12.4 Å². The van der Waals surface area contributed by atoms with Crippen molar-refractivity contribution in [2.45, 2.75) is 51.0 Å². The monoisotopic (exact) mass is 470 g/mol. The summed E-state index contributed by atoms with van der Waals surface area (Å²) in [5.74, 6) is 2.98. The summed E-state index contributed by atoms with van der Waals surface area (Å²) in [5, 5.41) is 2.47. The number of anilines is 1. The number of fused-ring (bicyclic) bond motifs is 1. The smallest absolute Gasteiger partial charge is 0.226 e. The van der Waals surface area contributed by atoms with Crippen LogP contribution in [-0.2, 0) is 6.42 Å². The van der Waals surface area contributed by atoms with Crippen molar-refractivity contribution in [3.8, 4) is 11.5 Å². The SMILES string of the molecule is COc1cc(CC2CCN(Nc3nc(Cl)nc4c3ncn4C3CCCC3)CC2)cc(OC)c1. The third-order valence-electron chi connectivity index (χ3n) is 6.93. The highest BCUT2D eigenvalue weighted by Crippen LogP contribution is 2.33. The van der Waals surface area contributed by atoms with Gasteiger partial charge in [-0.3, -0.25) is 0 Å². The van der Waals surface area contributed by atoms with Gasteiger partial charge in [-0.2, -0.15) is 9.97 Å². The van der Waals surface area contributed by atoms with Crippen LogP contribution in [0.4, 0.5) is 5.82 Å². The number of hydrogen-bond donors (Lipinski definition) is 1. The molecular formula is C24H31ClN6O2. The van der Waals surface area contributed by atoms with Crippen molar-refractivity contribution in [1.82, 2.24) is 24.5 Å². The molecule has 8 nitrogen and oxygen atoms in total. The molecule has 0 unspecified atom stereocenters. The number of rotatable bonds is 7. The Bertz CT molecular complexity index is 1080. The molecule has 0 spiro atoms. The number of imidazole rings is 1. The van der Waals surface area contributed by atoms with Crippen LogP contribution in [-0.4, -0.2) is 51.8 Å². The number of hydrogen-bond acceptors (Lipinski definition) is 7. The Kier molecular flexibility index (Phi) is 6.55. The third-order valence-corrected chi connectivity index (χ3v) is 7.10. The molecule has 9 heteroatoms. The highest BCUT2D eigenvalue weighted by Gasteiger charge is 2.24. The van der Waals surface area contributed by atoms with E-state index < -0.39 is 0 Å². The first-order valence-corrected chi connectivity index (χ1v) is 12.1. The molecule has 176 valence electrons. The van der Waals surface area contributed by atoms with Gasteiger partial charge >= 0.3 is 0 Å². The van der Waals surface area contributed by atoms with Gasteiger partial charge in [-0.1, -0.05) is 12.8 Å². The third kappa shape index (κ3) is 4.87. The van der Waals surface area contributed by atoms with Crippen molar-refractivity contribution in [2.24, 2.45) is 5.92 Å². The van der Waals surface area contributed by atoms with Gasteiger partial charge in [0.15, 0.2) is 17.0 Å². The Hall–Kier alpha value is -2.58. The molecule has 1 N–H and O–H groups in total. The summed E-state index contributed by atoms with van der Waals surface area (Å²) in [6, 6.07) is 6.58. The van der Waals surface area contributed by atoms with Crippen LogP contribution in [0.2, 0.25) is 5.28 Å². The summed E-state index contributed by atoms with van der Waals surface area (Å²) in [5.41, 5.74) is 6.33. The maximum Gasteiger partial charge on any atom is 0.226 e. The van der Waals surface area contributed by atoms with Gasteiger partial charge in [0.2, 0.25) is 5.28 Å². The van der Waals surface area contributed by atoms with Crippen LogP contribution < -0.4 is 14.9 Å². The first-order chi connectivity index (χ1) is 16.1.